The summed E-state index contributed by atoms with van der Waals surface area (Å²) in [5, 5.41) is 2.49. The average molecular weight is 409 g/mol. The molecule has 162 valence electrons. The van der Waals surface area contributed by atoms with Gasteiger partial charge in [-0.15, -0.1) is 0 Å². The van der Waals surface area contributed by atoms with E-state index >= 15 is 0 Å². The van der Waals surface area contributed by atoms with Crippen molar-refractivity contribution in [2.75, 3.05) is 38.3 Å². The normalized spacial score (nSPS) is 10.9. The molecule has 0 saturated heterocycles. The first-order valence-electron chi connectivity index (χ1n) is 9.47. The Morgan fingerprint density at radius 1 is 1.21 bits per heavy atom. The number of methoxy groups -OCH3 is 1. The van der Waals surface area contributed by atoms with E-state index in [1.165, 1.54) is 12.0 Å². The number of pyridine rings is 1. The van der Waals surface area contributed by atoms with Crippen LogP contribution in [0.25, 0.3) is 0 Å². The van der Waals surface area contributed by atoms with Gasteiger partial charge in [-0.2, -0.15) is 0 Å². The van der Waals surface area contributed by atoms with E-state index < -0.39 is 17.7 Å². The molecule has 0 atom stereocenters. The maximum Gasteiger partial charge on any atom is 0.416 e. The highest BCUT2D eigenvalue weighted by atomic mass is 16.6. The Morgan fingerprint density at radius 3 is 2.55 bits per heavy atom. The molecular weight excluding hydrogens is 378 g/mol. The zero-order valence-corrected chi connectivity index (χ0v) is 17.8. The summed E-state index contributed by atoms with van der Waals surface area (Å²) in [5.74, 6) is -0.383. The van der Waals surface area contributed by atoms with Gasteiger partial charge in [0.1, 0.15) is 24.6 Å². The van der Waals surface area contributed by atoms with Crippen LogP contribution >= 0.6 is 0 Å². The summed E-state index contributed by atoms with van der Waals surface area (Å²) in [6.07, 6.45) is 1.59. The molecule has 29 heavy (non-hydrogen) atoms. The van der Waals surface area contributed by atoms with Crippen molar-refractivity contribution in [1.82, 2.24) is 10.3 Å². The number of aryl methyl sites for hydroxylation is 1. The zero-order chi connectivity index (χ0) is 21.9. The van der Waals surface area contributed by atoms with Gasteiger partial charge >= 0.3 is 12.1 Å². The topological polar surface area (TPSA) is 107 Å². The molecule has 0 aliphatic rings. The zero-order valence-electron chi connectivity index (χ0n) is 17.8. The van der Waals surface area contributed by atoms with Crippen LogP contribution in [0.2, 0.25) is 0 Å². The first-order valence-corrected chi connectivity index (χ1v) is 9.47. The highest BCUT2D eigenvalue weighted by Crippen LogP contribution is 2.18. The monoisotopic (exact) mass is 409 g/mol. The fourth-order valence-electron chi connectivity index (χ4n) is 2.23. The van der Waals surface area contributed by atoms with Crippen molar-refractivity contribution in [2.45, 2.75) is 46.1 Å². The minimum absolute atomic E-state index is 0.135. The van der Waals surface area contributed by atoms with Crippen LogP contribution in [0, 0.1) is 6.92 Å². The van der Waals surface area contributed by atoms with Crippen LogP contribution in [0.1, 0.15) is 39.2 Å². The molecule has 0 aromatic carbocycles. The van der Waals surface area contributed by atoms with E-state index in [0.717, 1.165) is 5.56 Å². The van der Waals surface area contributed by atoms with E-state index in [1.807, 2.05) is 13.0 Å². The summed E-state index contributed by atoms with van der Waals surface area (Å²) in [6, 6.07) is 3.61. The van der Waals surface area contributed by atoms with E-state index in [-0.39, 0.29) is 32.0 Å². The Hall–Kier alpha value is -2.68. The number of hydrogen-bond acceptors (Lipinski definition) is 7. The number of esters is 1. The minimum atomic E-state index is -0.653. The molecule has 0 spiro atoms. The Kier molecular flexibility index (Phi) is 10.1. The summed E-state index contributed by atoms with van der Waals surface area (Å²) in [4.78, 5) is 41.7. The van der Waals surface area contributed by atoms with E-state index in [0.29, 0.717) is 18.8 Å². The number of nitrogens with one attached hydrogen (secondary N) is 1. The summed E-state index contributed by atoms with van der Waals surface area (Å²) >= 11 is 0. The summed E-state index contributed by atoms with van der Waals surface area (Å²) in [7, 11) is 1.50. The number of carbonyl (C=O) groups is 3. The molecule has 1 N–H and O–H groups in total. The molecule has 0 radical (unpaired) electrons. The molecule has 0 saturated carbocycles. The van der Waals surface area contributed by atoms with Crippen LogP contribution in [0.4, 0.5) is 10.6 Å². The molecule has 1 aromatic heterocycles. The van der Waals surface area contributed by atoms with Crippen LogP contribution in [-0.2, 0) is 23.8 Å². The highest BCUT2D eigenvalue weighted by molar-refractivity contribution is 5.87. The van der Waals surface area contributed by atoms with E-state index in [1.54, 1.807) is 33.0 Å². The largest absolute Gasteiger partial charge is 0.462 e. The Labute approximate surface area is 171 Å². The van der Waals surface area contributed by atoms with Gasteiger partial charge in [0.05, 0.1) is 6.61 Å². The van der Waals surface area contributed by atoms with Gasteiger partial charge in [0, 0.05) is 26.3 Å². The Bertz CT molecular complexity index is 687. The van der Waals surface area contributed by atoms with E-state index in [2.05, 4.69) is 10.3 Å². The lowest BCUT2D eigenvalue weighted by Gasteiger charge is -2.27. The second-order valence-electron chi connectivity index (χ2n) is 7.42. The Balaban J connectivity index is 2.56. The molecule has 9 nitrogen and oxygen atoms in total. The van der Waals surface area contributed by atoms with E-state index in [9.17, 15) is 14.4 Å². The van der Waals surface area contributed by atoms with Gasteiger partial charge in [0.25, 0.3) is 0 Å². The lowest BCUT2D eigenvalue weighted by atomic mass is 10.2. The van der Waals surface area contributed by atoms with Crippen molar-refractivity contribution in [3.05, 3.63) is 23.9 Å². The second-order valence-corrected chi connectivity index (χ2v) is 7.42. The first kappa shape index (κ1) is 24.4. The number of anilines is 1. The van der Waals surface area contributed by atoms with Gasteiger partial charge < -0.3 is 19.5 Å². The maximum absolute atomic E-state index is 12.6. The van der Waals surface area contributed by atoms with Gasteiger partial charge in [-0.05, 0) is 51.8 Å². The highest BCUT2D eigenvalue weighted by Gasteiger charge is 2.24. The molecular formula is C20H31N3O6. The number of amides is 2. The molecule has 1 heterocycles. The maximum atomic E-state index is 12.6. The molecule has 0 aliphatic heterocycles. The number of aromatic nitrogens is 1. The summed E-state index contributed by atoms with van der Waals surface area (Å²) < 4.78 is 15.1. The van der Waals surface area contributed by atoms with Gasteiger partial charge in [0.15, 0.2) is 0 Å². The third-order valence-electron chi connectivity index (χ3n) is 3.56. The minimum Gasteiger partial charge on any atom is -0.462 e. The van der Waals surface area contributed by atoms with Gasteiger partial charge in [-0.1, -0.05) is 0 Å². The third kappa shape index (κ3) is 10.4. The van der Waals surface area contributed by atoms with Crippen LogP contribution in [0.3, 0.4) is 0 Å². The van der Waals surface area contributed by atoms with Crippen molar-refractivity contribution in [1.29, 1.82) is 0 Å². The molecule has 0 aliphatic carbocycles. The predicted octanol–water partition coefficient (Wildman–Crippen LogP) is 2.22. The van der Waals surface area contributed by atoms with Crippen LogP contribution in [0.5, 0.6) is 0 Å². The summed E-state index contributed by atoms with van der Waals surface area (Å²) in [6.45, 7) is 7.73. The summed E-state index contributed by atoms with van der Waals surface area (Å²) in [5.41, 5.74) is 0.299. The van der Waals surface area contributed by atoms with Gasteiger partial charge in [-0.3, -0.25) is 14.5 Å². The number of rotatable bonds is 10. The molecule has 0 bridgehead atoms. The van der Waals surface area contributed by atoms with Crippen molar-refractivity contribution < 1.29 is 28.6 Å². The molecule has 0 fully saturated rings. The smallest absolute Gasteiger partial charge is 0.416 e. The molecule has 1 aromatic rings. The Morgan fingerprint density at radius 2 is 1.93 bits per heavy atom. The van der Waals surface area contributed by atoms with Gasteiger partial charge in [0.2, 0.25) is 5.91 Å². The number of nitrogens with zero attached hydrogens (tertiary/aromatic N) is 2. The molecule has 2 amide bonds. The lowest BCUT2D eigenvalue weighted by molar-refractivity contribution is -0.145. The van der Waals surface area contributed by atoms with E-state index in [4.69, 9.17) is 14.2 Å². The van der Waals surface area contributed by atoms with Crippen molar-refractivity contribution in [3.63, 3.8) is 0 Å². The van der Waals surface area contributed by atoms with Crippen molar-refractivity contribution >= 4 is 23.8 Å². The number of carbonyl (C=O) groups excluding carboxylic acids is 3. The van der Waals surface area contributed by atoms with Gasteiger partial charge in [-0.25, -0.2) is 9.78 Å². The fourth-order valence-corrected chi connectivity index (χ4v) is 2.23. The lowest BCUT2D eigenvalue weighted by Crippen LogP contribution is -2.38. The number of ether oxygens (including phenoxy) is 3. The SMILES string of the molecule is COCCOC(=O)CNC(=O)CCCN(C(=O)OC(C)(C)C)c1cc(C)ccn1. The number of hydrogen-bond donors (Lipinski definition) is 1. The quantitative estimate of drug-likeness (QED) is 0.466. The third-order valence-corrected chi connectivity index (χ3v) is 3.56. The molecule has 0 unspecified atom stereocenters. The standard InChI is InChI=1S/C20H31N3O6/c1-15-8-9-21-16(13-15)23(19(26)29-20(2,3)4)10-6-7-17(24)22-14-18(25)28-12-11-27-5/h8-9,13H,6-7,10-12,14H2,1-5H3,(H,22,24). The van der Waals surface area contributed by atoms with Crippen molar-refractivity contribution in [2.24, 2.45) is 0 Å². The van der Waals surface area contributed by atoms with Crippen LogP contribution < -0.4 is 10.2 Å². The first-order chi connectivity index (χ1) is 13.6. The van der Waals surface area contributed by atoms with Crippen molar-refractivity contribution in [3.8, 4) is 0 Å². The van der Waals surface area contributed by atoms with Crippen LogP contribution in [0.15, 0.2) is 18.3 Å². The molecule has 1 rings (SSSR count). The second kappa shape index (κ2) is 12.0. The predicted molar refractivity (Wildman–Crippen MR) is 108 cm³/mol. The van der Waals surface area contributed by atoms with Crippen LogP contribution in [-0.4, -0.2) is 62.0 Å². The average Bonchev–Trinajstić information content (AvgIpc) is 2.62. The fraction of sp³-hybridized carbons (Fsp3) is 0.600. The molecule has 9 heteroatoms.